The van der Waals surface area contributed by atoms with E-state index in [2.05, 4.69) is 67.1 Å². The molecule has 3 rings (SSSR count). The van der Waals surface area contributed by atoms with Crippen LogP contribution in [-0.4, -0.2) is 55.1 Å². The number of halogens is 1. The minimum absolute atomic E-state index is 0. The summed E-state index contributed by atoms with van der Waals surface area (Å²) in [6.45, 7) is 16.4. The fraction of sp³-hybridized carbons (Fsp3) is 0.700. The Hall–Kier alpha value is -0.610. The Labute approximate surface area is 154 Å². The molecule has 0 spiro atoms. The van der Waals surface area contributed by atoms with Gasteiger partial charge in [-0.1, -0.05) is 45.0 Å². The van der Waals surface area contributed by atoms with Crippen LogP contribution < -0.4 is 5.32 Å². The molecule has 24 heavy (non-hydrogen) atoms. The van der Waals surface area contributed by atoms with E-state index < -0.39 is 0 Å². The maximum absolute atomic E-state index is 3.49. The van der Waals surface area contributed by atoms with Crippen LogP contribution in [0.5, 0.6) is 0 Å². The lowest BCUT2D eigenvalue weighted by Gasteiger charge is -2.40. The molecule has 0 aliphatic carbocycles. The van der Waals surface area contributed by atoms with Crippen molar-refractivity contribution < 1.29 is 0 Å². The summed E-state index contributed by atoms with van der Waals surface area (Å²) in [5.74, 6) is 0. The van der Waals surface area contributed by atoms with Crippen molar-refractivity contribution in [3.63, 3.8) is 0 Å². The smallest absolute Gasteiger partial charge is 0.0320 e. The summed E-state index contributed by atoms with van der Waals surface area (Å²) in [5.41, 5.74) is 3.11. The second-order valence-electron chi connectivity index (χ2n) is 8.27. The molecule has 0 amide bonds. The summed E-state index contributed by atoms with van der Waals surface area (Å²) in [6, 6.07) is 10.6. The standard InChI is InChI=1S/C20H33N3.ClH/c1-16(17-5-7-18(8-6-17)20(2,3)4)22-11-13-23(14-12-22)19-9-10-21-15-19;/h5-8,16,19,21H,9-15H2,1-4H3;1H. The second kappa shape index (κ2) is 8.18. The van der Waals surface area contributed by atoms with E-state index in [1.165, 1.54) is 56.8 Å². The molecule has 3 nitrogen and oxygen atoms in total. The lowest BCUT2D eigenvalue weighted by Crippen LogP contribution is -2.51. The molecular weight excluding hydrogens is 318 g/mol. The van der Waals surface area contributed by atoms with Crippen molar-refractivity contribution >= 4 is 12.4 Å². The van der Waals surface area contributed by atoms with E-state index in [9.17, 15) is 0 Å². The molecule has 2 heterocycles. The van der Waals surface area contributed by atoms with Crippen LogP contribution in [0.3, 0.4) is 0 Å². The highest BCUT2D eigenvalue weighted by Gasteiger charge is 2.28. The first-order valence-electron chi connectivity index (χ1n) is 9.24. The fourth-order valence-corrected chi connectivity index (χ4v) is 3.91. The molecule has 2 aliphatic heterocycles. The van der Waals surface area contributed by atoms with Gasteiger partial charge in [-0.2, -0.15) is 0 Å². The monoisotopic (exact) mass is 351 g/mol. The Balaban J connectivity index is 0.00000208. The molecule has 1 aromatic rings. The molecule has 1 N–H and O–H groups in total. The molecule has 0 bridgehead atoms. The summed E-state index contributed by atoms with van der Waals surface area (Å²) >= 11 is 0. The number of benzene rings is 1. The molecule has 2 fully saturated rings. The van der Waals surface area contributed by atoms with Crippen LogP contribution in [0.25, 0.3) is 0 Å². The van der Waals surface area contributed by atoms with Gasteiger partial charge in [-0.25, -0.2) is 0 Å². The van der Waals surface area contributed by atoms with Gasteiger partial charge in [-0.3, -0.25) is 9.80 Å². The third-order valence-corrected chi connectivity index (χ3v) is 5.71. The lowest BCUT2D eigenvalue weighted by molar-refractivity contribution is 0.0787. The number of rotatable bonds is 3. The number of hydrogen-bond donors (Lipinski definition) is 1. The van der Waals surface area contributed by atoms with Crippen molar-refractivity contribution in [1.29, 1.82) is 0 Å². The summed E-state index contributed by atoms with van der Waals surface area (Å²) in [6.07, 6.45) is 1.32. The summed E-state index contributed by atoms with van der Waals surface area (Å²) < 4.78 is 0. The minimum Gasteiger partial charge on any atom is -0.315 e. The number of nitrogens with zero attached hydrogens (tertiary/aromatic N) is 2. The Bertz CT molecular complexity index is 495. The normalized spacial score (nSPS) is 24.6. The van der Waals surface area contributed by atoms with E-state index in [0.29, 0.717) is 6.04 Å². The molecule has 1 aromatic carbocycles. The van der Waals surface area contributed by atoms with Gasteiger partial charge in [0.25, 0.3) is 0 Å². The van der Waals surface area contributed by atoms with E-state index in [-0.39, 0.29) is 17.8 Å². The highest BCUT2D eigenvalue weighted by Crippen LogP contribution is 2.27. The molecule has 4 heteroatoms. The van der Waals surface area contributed by atoms with Gasteiger partial charge in [0.05, 0.1) is 0 Å². The van der Waals surface area contributed by atoms with Gasteiger partial charge in [-0.15, -0.1) is 12.4 Å². The number of hydrogen-bond acceptors (Lipinski definition) is 3. The topological polar surface area (TPSA) is 18.5 Å². The first kappa shape index (κ1) is 19.7. The predicted octanol–water partition coefficient (Wildman–Crippen LogP) is 3.45. The van der Waals surface area contributed by atoms with E-state index in [4.69, 9.17) is 0 Å². The quantitative estimate of drug-likeness (QED) is 0.899. The first-order chi connectivity index (χ1) is 10.9. The van der Waals surface area contributed by atoms with Gasteiger partial charge in [0.1, 0.15) is 0 Å². The zero-order chi connectivity index (χ0) is 16.4. The van der Waals surface area contributed by atoms with Gasteiger partial charge in [0.2, 0.25) is 0 Å². The summed E-state index contributed by atoms with van der Waals surface area (Å²) in [5, 5.41) is 3.49. The predicted molar refractivity (Wildman–Crippen MR) is 105 cm³/mol. The maximum Gasteiger partial charge on any atom is 0.0320 e. The van der Waals surface area contributed by atoms with Gasteiger partial charge >= 0.3 is 0 Å². The molecule has 2 atom stereocenters. The van der Waals surface area contributed by atoms with Crippen molar-refractivity contribution in [3.8, 4) is 0 Å². The van der Waals surface area contributed by atoms with Gasteiger partial charge < -0.3 is 5.32 Å². The molecule has 0 saturated carbocycles. The maximum atomic E-state index is 3.49. The largest absolute Gasteiger partial charge is 0.315 e. The average Bonchev–Trinajstić information content (AvgIpc) is 3.08. The Morgan fingerprint density at radius 3 is 2.17 bits per heavy atom. The van der Waals surface area contributed by atoms with Crippen LogP contribution in [0.2, 0.25) is 0 Å². The van der Waals surface area contributed by atoms with E-state index in [0.717, 1.165) is 6.04 Å². The second-order valence-corrected chi connectivity index (χ2v) is 8.27. The Kier molecular flexibility index (Phi) is 6.72. The minimum atomic E-state index is 0. The van der Waals surface area contributed by atoms with Crippen LogP contribution in [0, 0.1) is 0 Å². The van der Waals surface area contributed by atoms with Crippen molar-refractivity contribution in [2.24, 2.45) is 0 Å². The zero-order valence-electron chi connectivity index (χ0n) is 15.7. The molecule has 136 valence electrons. The van der Waals surface area contributed by atoms with Crippen molar-refractivity contribution in [3.05, 3.63) is 35.4 Å². The Morgan fingerprint density at radius 1 is 1.04 bits per heavy atom. The van der Waals surface area contributed by atoms with Crippen molar-refractivity contribution in [2.45, 2.75) is 51.6 Å². The first-order valence-corrected chi connectivity index (χ1v) is 9.24. The summed E-state index contributed by atoms with van der Waals surface area (Å²) in [7, 11) is 0. The third kappa shape index (κ3) is 4.51. The fourth-order valence-electron chi connectivity index (χ4n) is 3.91. The van der Waals surface area contributed by atoms with Crippen LogP contribution >= 0.6 is 12.4 Å². The van der Waals surface area contributed by atoms with Crippen LogP contribution in [0.15, 0.2) is 24.3 Å². The highest BCUT2D eigenvalue weighted by atomic mass is 35.5. The van der Waals surface area contributed by atoms with Gasteiger partial charge in [0.15, 0.2) is 0 Å². The SMILES string of the molecule is CC(c1ccc(C(C)(C)C)cc1)N1CCN(C2CCNC2)CC1.Cl. The average molecular weight is 352 g/mol. The molecule has 2 unspecified atom stereocenters. The van der Waals surface area contributed by atoms with Gasteiger partial charge in [0, 0.05) is 44.8 Å². The van der Waals surface area contributed by atoms with Crippen molar-refractivity contribution in [2.75, 3.05) is 39.3 Å². The number of piperazine rings is 1. The van der Waals surface area contributed by atoms with E-state index in [1.807, 2.05) is 0 Å². The summed E-state index contributed by atoms with van der Waals surface area (Å²) in [4.78, 5) is 5.33. The van der Waals surface area contributed by atoms with E-state index >= 15 is 0 Å². The van der Waals surface area contributed by atoms with Crippen LogP contribution in [0.1, 0.15) is 51.3 Å². The molecule has 0 radical (unpaired) electrons. The third-order valence-electron chi connectivity index (χ3n) is 5.71. The van der Waals surface area contributed by atoms with Crippen LogP contribution in [-0.2, 0) is 5.41 Å². The van der Waals surface area contributed by atoms with Gasteiger partial charge in [-0.05, 0) is 36.4 Å². The van der Waals surface area contributed by atoms with Crippen LogP contribution in [0.4, 0.5) is 0 Å². The Morgan fingerprint density at radius 2 is 1.67 bits per heavy atom. The highest BCUT2D eigenvalue weighted by molar-refractivity contribution is 5.85. The molecular formula is C20H34ClN3. The molecule has 2 aliphatic rings. The zero-order valence-corrected chi connectivity index (χ0v) is 16.5. The van der Waals surface area contributed by atoms with Crippen molar-refractivity contribution in [1.82, 2.24) is 15.1 Å². The van der Waals surface area contributed by atoms with E-state index in [1.54, 1.807) is 0 Å². The molecule has 0 aromatic heterocycles. The molecule has 2 saturated heterocycles. The lowest BCUT2D eigenvalue weighted by atomic mass is 9.86. The number of nitrogens with one attached hydrogen (secondary N) is 1.